The molecule has 0 aliphatic heterocycles. The molecule has 6 heteroatoms. The number of fused-ring (bicyclic) bond motifs is 1. The zero-order valence-electron chi connectivity index (χ0n) is 16.5. The van der Waals surface area contributed by atoms with Crippen LogP contribution in [0.2, 0.25) is 0 Å². The van der Waals surface area contributed by atoms with E-state index in [9.17, 15) is 9.59 Å². The Hall–Kier alpha value is -3.77. The zero-order valence-corrected chi connectivity index (χ0v) is 16.5. The minimum atomic E-state index is -0.586. The molecule has 6 nitrogen and oxygen atoms in total. The molecule has 0 saturated carbocycles. The summed E-state index contributed by atoms with van der Waals surface area (Å²) in [6.07, 6.45) is 1.56. The monoisotopic (exact) mass is 399 g/mol. The number of amides is 1. The number of hydroxylamine groups is 1. The van der Waals surface area contributed by atoms with Crippen molar-refractivity contribution in [2.24, 2.45) is 0 Å². The average Bonchev–Trinajstić information content (AvgIpc) is 2.79. The Morgan fingerprint density at radius 1 is 1.00 bits per heavy atom. The molecule has 0 spiro atoms. The molecule has 0 atom stereocenters. The maximum atomic E-state index is 13.7. The van der Waals surface area contributed by atoms with E-state index in [1.807, 2.05) is 48.5 Å². The van der Waals surface area contributed by atoms with Crippen LogP contribution in [0.4, 0.5) is 0 Å². The molecule has 4 rings (SSSR count). The first kappa shape index (κ1) is 19.5. The number of nitrogens with one attached hydrogen (secondary N) is 1. The molecule has 0 radical (unpaired) electrons. The highest BCUT2D eigenvalue weighted by Crippen LogP contribution is 2.27. The van der Waals surface area contributed by atoms with E-state index in [0.717, 1.165) is 29.1 Å². The Bertz CT molecular complexity index is 1260. The first-order valence-corrected chi connectivity index (χ1v) is 9.79. The van der Waals surface area contributed by atoms with Crippen LogP contribution in [-0.2, 0) is 6.42 Å². The molecule has 2 N–H and O–H groups in total. The van der Waals surface area contributed by atoms with Crippen LogP contribution in [0.1, 0.15) is 29.5 Å². The van der Waals surface area contributed by atoms with Gasteiger partial charge in [-0.25, -0.2) is 10.5 Å². The van der Waals surface area contributed by atoms with E-state index in [2.05, 4.69) is 6.92 Å². The Labute approximate surface area is 173 Å². The third-order valence-corrected chi connectivity index (χ3v) is 5.01. The first-order chi connectivity index (χ1) is 14.6. The second-order valence-electron chi connectivity index (χ2n) is 6.97. The van der Waals surface area contributed by atoms with Crippen LogP contribution in [0.25, 0.3) is 27.7 Å². The van der Waals surface area contributed by atoms with Crippen LogP contribution in [-0.4, -0.2) is 20.7 Å². The topological polar surface area (TPSA) is 84.2 Å². The largest absolute Gasteiger partial charge is 0.288 e. The lowest BCUT2D eigenvalue weighted by molar-refractivity contribution is 0.0706. The molecule has 1 aromatic heterocycles. The maximum absolute atomic E-state index is 13.7. The van der Waals surface area contributed by atoms with E-state index in [1.165, 1.54) is 0 Å². The van der Waals surface area contributed by atoms with Gasteiger partial charge in [-0.15, -0.1) is 0 Å². The number of carbonyl (C=O) groups excluding carboxylic acids is 1. The van der Waals surface area contributed by atoms with Gasteiger partial charge in [0.2, 0.25) is 0 Å². The van der Waals surface area contributed by atoms with Gasteiger partial charge in [0.25, 0.3) is 11.5 Å². The molecule has 4 aromatic rings. The van der Waals surface area contributed by atoms with Gasteiger partial charge in [0, 0.05) is 12.0 Å². The molecule has 1 amide bonds. The highest BCUT2D eigenvalue weighted by Gasteiger charge is 2.16. The van der Waals surface area contributed by atoms with Gasteiger partial charge < -0.3 is 0 Å². The van der Waals surface area contributed by atoms with Crippen LogP contribution >= 0.6 is 0 Å². The van der Waals surface area contributed by atoms with Crippen LogP contribution in [0.3, 0.4) is 0 Å². The third kappa shape index (κ3) is 3.49. The van der Waals surface area contributed by atoms with E-state index in [0.29, 0.717) is 22.9 Å². The van der Waals surface area contributed by atoms with Crippen LogP contribution in [0, 0.1) is 0 Å². The summed E-state index contributed by atoms with van der Waals surface area (Å²) in [6.45, 7) is 2.06. The van der Waals surface area contributed by atoms with Gasteiger partial charge in [0.1, 0.15) is 5.82 Å². The third-order valence-electron chi connectivity index (χ3n) is 5.01. The Balaban J connectivity index is 1.97. The van der Waals surface area contributed by atoms with Crippen LogP contribution in [0.15, 0.2) is 77.6 Å². The molecule has 0 aliphatic carbocycles. The van der Waals surface area contributed by atoms with Crippen molar-refractivity contribution >= 4 is 16.8 Å². The summed E-state index contributed by atoms with van der Waals surface area (Å²) in [4.78, 5) is 30.1. The first-order valence-electron chi connectivity index (χ1n) is 9.79. The van der Waals surface area contributed by atoms with Crippen molar-refractivity contribution in [3.8, 4) is 16.8 Å². The minimum Gasteiger partial charge on any atom is -0.288 e. The number of hydrogen-bond donors (Lipinski definition) is 2. The molecule has 0 unspecified atom stereocenters. The Morgan fingerprint density at radius 2 is 1.73 bits per heavy atom. The van der Waals surface area contributed by atoms with Gasteiger partial charge in [-0.3, -0.25) is 19.4 Å². The van der Waals surface area contributed by atoms with Crippen molar-refractivity contribution in [1.29, 1.82) is 0 Å². The van der Waals surface area contributed by atoms with Crippen molar-refractivity contribution in [3.05, 3.63) is 94.5 Å². The minimum absolute atomic E-state index is 0.123. The normalized spacial score (nSPS) is 10.9. The summed E-state index contributed by atoms with van der Waals surface area (Å²) in [5, 5.41) is 9.34. The smallest absolute Gasteiger partial charge is 0.274 e. The van der Waals surface area contributed by atoms with Gasteiger partial charge in [0.15, 0.2) is 0 Å². The number of carbonyl (C=O) groups is 1. The van der Waals surface area contributed by atoms with Crippen molar-refractivity contribution < 1.29 is 10.0 Å². The summed E-state index contributed by atoms with van der Waals surface area (Å²) in [5.74, 6) is 0.144. The van der Waals surface area contributed by atoms with Gasteiger partial charge in [-0.1, -0.05) is 49.4 Å². The standard InChI is InChI=1S/C24H21N3O3/c1-2-7-21-25-20-11-6-10-19(16-12-14-17(15-13-16)23(28)26-30)22(20)24(29)27(21)18-8-4-3-5-9-18/h3-6,8-15,30H,2,7H2,1H3,(H,26,28). The van der Waals surface area contributed by atoms with Gasteiger partial charge in [0.05, 0.1) is 16.6 Å². The lowest BCUT2D eigenvalue weighted by Crippen LogP contribution is -2.24. The quantitative estimate of drug-likeness (QED) is 0.390. The van der Waals surface area contributed by atoms with E-state index < -0.39 is 5.91 Å². The Kier molecular flexibility index (Phi) is 5.41. The number of para-hydroxylation sites is 1. The highest BCUT2D eigenvalue weighted by molar-refractivity contribution is 5.96. The van der Waals surface area contributed by atoms with E-state index in [4.69, 9.17) is 10.2 Å². The number of nitrogens with zero attached hydrogens (tertiary/aromatic N) is 2. The van der Waals surface area contributed by atoms with Crippen LogP contribution in [0.5, 0.6) is 0 Å². The fraction of sp³-hybridized carbons (Fsp3) is 0.125. The SMILES string of the molecule is CCCc1nc2cccc(-c3ccc(C(=O)NO)cc3)c2c(=O)n1-c1ccccc1. The lowest BCUT2D eigenvalue weighted by atomic mass is 9.99. The second-order valence-corrected chi connectivity index (χ2v) is 6.97. The van der Waals surface area contributed by atoms with Crippen LogP contribution < -0.4 is 11.0 Å². The molecule has 0 aliphatic rings. The van der Waals surface area contributed by atoms with Crippen molar-refractivity contribution in [2.45, 2.75) is 19.8 Å². The number of rotatable bonds is 5. The summed E-state index contributed by atoms with van der Waals surface area (Å²) < 4.78 is 1.68. The van der Waals surface area contributed by atoms with Crippen molar-refractivity contribution in [3.63, 3.8) is 0 Å². The number of aryl methyl sites for hydroxylation is 1. The fourth-order valence-corrected chi connectivity index (χ4v) is 3.62. The Morgan fingerprint density at radius 3 is 2.40 bits per heavy atom. The van der Waals surface area contributed by atoms with E-state index in [1.54, 1.807) is 34.3 Å². The number of benzene rings is 3. The summed E-state index contributed by atoms with van der Waals surface area (Å²) >= 11 is 0. The zero-order chi connectivity index (χ0) is 21.1. The molecule has 0 bridgehead atoms. The molecular weight excluding hydrogens is 378 g/mol. The van der Waals surface area contributed by atoms with Gasteiger partial charge in [-0.2, -0.15) is 0 Å². The molecule has 0 fully saturated rings. The van der Waals surface area contributed by atoms with E-state index >= 15 is 0 Å². The van der Waals surface area contributed by atoms with Gasteiger partial charge >= 0.3 is 0 Å². The number of hydrogen-bond acceptors (Lipinski definition) is 4. The predicted octanol–water partition coefficient (Wildman–Crippen LogP) is 4.12. The second kappa shape index (κ2) is 8.31. The lowest BCUT2D eigenvalue weighted by Gasteiger charge is -2.15. The summed E-state index contributed by atoms with van der Waals surface area (Å²) in [6, 6.07) is 21.8. The van der Waals surface area contributed by atoms with E-state index in [-0.39, 0.29) is 5.56 Å². The fourth-order valence-electron chi connectivity index (χ4n) is 3.62. The molecule has 1 heterocycles. The molecular formula is C24H21N3O3. The molecule has 150 valence electrons. The van der Waals surface area contributed by atoms with Crippen molar-refractivity contribution in [2.75, 3.05) is 0 Å². The maximum Gasteiger partial charge on any atom is 0.274 e. The molecule has 0 saturated heterocycles. The summed E-state index contributed by atoms with van der Waals surface area (Å²) in [7, 11) is 0. The van der Waals surface area contributed by atoms with Crippen molar-refractivity contribution in [1.82, 2.24) is 15.0 Å². The highest BCUT2D eigenvalue weighted by atomic mass is 16.5. The molecule has 30 heavy (non-hydrogen) atoms. The average molecular weight is 399 g/mol. The van der Waals surface area contributed by atoms with Gasteiger partial charge in [-0.05, 0) is 47.9 Å². The number of aromatic nitrogens is 2. The summed E-state index contributed by atoms with van der Waals surface area (Å²) in [5.41, 5.74) is 4.78. The predicted molar refractivity (Wildman–Crippen MR) is 116 cm³/mol. The molecule has 3 aromatic carbocycles.